The zero-order chi connectivity index (χ0) is 40.4. The van der Waals surface area contributed by atoms with E-state index >= 15 is 0 Å². The van der Waals surface area contributed by atoms with Gasteiger partial charge < -0.3 is 38.5 Å². The molecule has 13 nitrogen and oxygen atoms in total. The zero-order valence-electron chi connectivity index (χ0n) is 33.9. The molecule has 1 amide bonds. The predicted molar refractivity (Wildman–Crippen MR) is 199 cm³/mol. The van der Waals surface area contributed by atoms with Crippen LogP contribution in [0.1, 0.15) is 87.1 Å². The van der Waals surface area contributed by atoms with Crippen molar-refractivity contribution in [3.8, 4) is 11.3 Å². The van der Waals surface area contributed by atoms with Gasteiger partial charge in [0.25, 0.3) is 0 Å². The standard InChI is InChI=1S/C42H57NO12.Ac/c1-22-18-24(3)51-39(34(22)46)53-36-26(5)35(47)27(6)38(48)52-31(15-16-43-32(44)20-28-12-10-13-29(19-28)30-14-11-17-50-30)42(9)37(54-40(49)55-42)25(4)33(45)23(2)21-41(36,7)8;/h10-14,17,19,22-27,31,34,36-37,39,46H,15-16,18,20-21H2,1-9H3,(H,43,44);/t22?,23-,24?,25+,26+,27-,31-,34?,36-,37-,39?,42-;/m1./s1. The van der Waals surface area contributed by atoms with Crippen molar-refractivity contribution in [1.29, 1.82) is 0 Å². The minimum Gasteiger partial charge on any atom is -0.464 e. The molecule has 3 saturated heterocycles. The van der Waals surface area contributed by atoms with Crippen molar-refractivity contribution in [3.63, 3.8) is 0 Å². The molecule has 2 N–H and O–H groups in total. The van der Waals surface area contributed by atoms with Crippen molar-refractivity contribution >= 4 is 29.6 Å². The summed E-state index contributed by atoms with van der Waals surface area (Å²) in [5.41, 5.74) is -0.892. The second-order valence-electron chi connectivity index (χ2n) is 16.8. The van der Waals surface area contributed by atoms with E-state index in [2.05, 4.69) is 5.32 Å². The van der Waals surface area contributed by atoms with E-state index in [1.807, 2.05) is 58.0 Å². The number of Topliss-reactive ketones (excluding diaryl/α,β-unsaturated/α-hetero) is 2. The van der Waals surface area contributed by atoms with Gasteiger partial charge in [0.05, 0.1) is 30.8 Å². The van der Waals surface area contributed by atoms with Gasteiger partial charge in [0.2, 0.25) is 5.91 Å². The summed E-state index contributed by atoms with van der Waals surface area (Å²) in [6.07, 6.45) is -3.92. The normalized spacial score (nSPS) is 35.2. The number of rotatable bonds is 8. The van der Waals surface area contributed by atoms with E-state index in [-0.39, 0.29) is 93.6 Å². The molecule has 0 spiro atoms. The van der Waals surface area contributed by atoms with Crippen LogP contribution in [0.4, 0.5) is 4.79 Å². The minimum atomic E-state index is -1.63. The van der Waals surface area contributed by atoms with Gasteiger partial charge in [-0.15, -0.1) is 0 Å². The van der Waals surface area contributed by atoms with Crippen LogP contribution in [0.3, 0.4) is 0 Å². The number of cyclic esters (lactones) is 1. The second kappa shape index (κ2) is 19.0. The molecule has 0 saturated carbocycles. The van der Waals surface area contributed by atoms with E-state index in [0.717, 1.165) is 11.1 Å². The molecule has 5 rings (SSSR count). The predicted octanol–water partition coefficient (Wildman–Crippen LogP) is 5.83. The molecule has 305 valence electrons. The van der Waals surface area contributed by atoms with E-state index in [9.17, 15) is 29.1 Å². The Morgan fingerprint density at radius 1 is 0.946 bits per heavy atom. The molecule has 3 fully saturated rings. The summed E-state index contributed by atoms with van der Waals surface area (Å²) in [5.74, 6) is -4.96. The zero-order valence-corrected chi connectivity index (χ0v) is 38.7. The molecule has 2 aromatic rings. The fourth-order valence-electron chi connectivity index (χ4n) is 8.70. The molecule has 1 aromatic heterocycles. The van der Waals surface area contributed by atoms with Crippen LogP contribution in [0.5, 0.6) is 0 Å². The van der Waals surface area contributed by atoms with Crippen LogP contribution in [0.25, 0.3) is 11.3 Å². The van der Waals surface area contributed by atoms with E-state index < -0.39 is 83.3 Å². The van der Waals surface area contributed by atoms with Crippen LogP contribution in [-0.2, 0) is 49.3 Å². The molecule has 0 aliphatic carbocycles. The Labute approximate surface area is 365 Å². The van der Waals surface area contributed by atoms with E-state index in [1.54, 1.807) is 40.0 Å². The van der Waals surface area contributed by atoms with Gasteiger partial charge in [-0.25, -0.2) is 4.79 Å². The maximum atomic E-state index is 14.2. The number of ketones is 2. The number of furan rings is 1. The van der Waals surface area contributed by atoms with Gasteiger partial charge in [-0.05, 0) is 68.7 Å². The molecule has 56 heavy (non-hydrogen) atoms. The SMILES string of the molecule is CC1CC(C)C(O)C(O[C@@H]2[C@@H](C)C(=O)[C@@H](C)C(=O)O[C@H](CCNC(=O)Cc3cccc(-c4ccco4)c3)[C@@]3(C)OC(=O)O[C@@H]3[C@@H](C)C(=O)[C@H](C)CC2(C)C)O1.[Ac]. The number of aliphatic hydroxyl groups is 1. The fraction of sp³-hybridized carbons (Fsp3) is 0.643. The molecular formula is C42H57AcNO12. The molecule has 4 heterocycles. The van der Waals surface area contributed by atoms with Crippen molar-refractivity contribution in [2.75, 3.05) is 6.54 Å². The number of fused-ring (bicyclic) bond motifs is 1. The van der Waals surface area contributed by atoms with Gasteiger partial charge in [-0.1, -0.05) is 59.7 Å². The molecule has 1 aromatic carbocycles. The number of ether oxygens (including phenoxy) is 5. The van der Waals surface area contributed by atoms with E-state index in [1.165, 1.54) is 6.92 Å². The quantitative estimate of drug-likeness (QED) is 0.240. The number of hydrogen-bond acceptors (Lipinski definition) is 12. The van der Waals surface area contributed by atoms with Crippen LogP contribution in [0, 0.1) is 79.1 Å². The monoisotopic (exact) mass is 994 g/mol. The number of esters is 1. The van der Waals surface area contributed by atoms with Crippen molar-refractivity contribution in [1.82, 2.24) is 5.32 Å². The summed E-state index contributed by atoms with van der Waals surface area (Å²) < 4.78 is 35.4. The average Bonchev–Trinajstić information content (AvgIpc) is 3.78. The molecule has 0 bridgehead atoms. The van der Waals surface area contributed by atoms with Crippen LogP contribution in [0.2, 0.25) is 0 Å². The second-order valence-corrected chi connectivity index (χ2v) is 16.8. The summed E-state index contributed by atoms with van der Waals surface area (Å²) >= 11 is 0. The van der Waals surface area contributed by atoms with E-state index in [4.69, 9.17) is 28.1 Å². The topological polar surface area (TPSA) is 177 Å². The van der Waals surface area contributed by atoms with Gasteiger partial charge in [0, 0.05) is 74.4 Å². The smallest absolute Gasteiger partial charge is 0.464 e. The van der Waals surface area contributed by atoms with Crippen LogP contribution < -0.4 is 5.32 Å². The van der Waals surface area contributed by atoms with Crippen molar-refractivity contribution < 1.29 is 101 Å². The number of amides is 1. The largest absolute Gasteiger partial charge is 0.509 e. The Hall–Kier alpha value is -2.63. The molecule has 1 radical (unpaired) electrons. The van der Waals surface area contributed by atoms with Crippen molar-refractivity contribution in [2.24, 2.45) is 35.0 Å². The van der Waals surface area contributed by atoms with Gasteiger partial charge >= 0.3 is 12.1 Å². The summed E-state index contributed by atoms with van der Waals surface area (Å²) in [5, 5.41) is 13.9. The minimum absolute atomic E-state index is 0. The van der Waals surface area contributed by atoms with Gasteiger partial charge in [-0.3, -0.25) is 19.2 Å². The fourth-order valence-corrected chi connectivity index (χ4v) is 8.70. The number of carbonyl (C=O) groups is 5. The van der Waals surface area contributed by atoms with Gasteiger partial charge in [-0.2, -0.15) is 0 Å². The molecule has 3 aliphatic rings. The number of carbonyl (C=O) groups excluding carboxylic acids is 5. The average molecular weight is 995 g/mol. The molecular weight excluding hydrogens is 937 g/mol. The van der Waals surface area contributed by atoms with E-state index in [0.29, 0.717) is 12.2 Å². The van der Waals surface area contributed by atoms with Crippen LogP contribution in [0.15, 0.2) is 47.1 Å². The first-order valence-electron chi connectivity index (χ1n) is 19.4. The number of benzene rings is 1. The van der Waals surface area contributed by atoms with Crippen LogP contribution >= 0.6 is 0 Å². The van der Waals surface area contributed by atoms with Crippen molar-refractivity contribution in [3.05, 3.63) is 48.2 Å². The number of nitrogens with one attached hydrogen (secondary N) is 1. The Morgan fingerprint density at radius 2 is 1.66 bits per heavy atom. The molecule has 3 aliphatic heterocycles. The Morgan fingerprint density at radius 3 is 2.34 bits per heavy atom. The Kier molecular flexibility index (Phi) is 15.6. The molecule has 14 heteroatoms. The molecule has 4 unspecified atom stereocenters. The number of hydrogen-bond donors (Lipinski definition) is 2. The molecule has 12 atom stereocenters. The first kappa shape index (κ1) is 46.1. The van der Waals surface area contributed by atoms with Gasteiger partial charge in [0.15, 0.2) is 23.8 Å². The first-order chi connectivity index (χ1) is 25.8. The summed E-state index contributed by atoms with van der Waals surface area (Å²) in [6, 6.07) is 11.0. The summed E-state index contributed by atoms with van der Waals surface area (Å²) in [6.45, 7) is 15.7. The Balaban J connectivity index is 0.00000696. The third-order valence-corrected chi connectivity index (χ3v) is 11.7. The maximum Gasteiger partial charge on any atom is 0.509 e. The third-order valence-electron chi connectivity index (χ3n) is 11.7. The Bertz CT molecular complexity index is 1710. The van der Waals surface area contributed by atoms with Gasteiger partial charge in [0.1, 0.15) is 29.7 Å². The van der Waals surface area contributed by atoms with Crippen LogP contribution in [-0.4, -0.2) is 83.7 Å². The maximum absolute atomic E-state index is 14.2. The van der Waals surface area contributed by atoms with Crippen molar-refractivity contribution in [2.45, 2.75) is 130 Å². The summed E-state index contributed by atoms with van der Waals surface area (Å²) in [7, 11) is 0. The first-order valence-corrected chi connectivity index (χ1v) is 19.4. The summed E-state index contributed by atoms with van der Waals surface area (Å²) in [4.78, 5) is 68.2. The number of aliphatic hydroxyl groups excluding tert-OH is 1. The third kappa shape index (κ3) is 10.3.